The Hall–Kier alpha value is -1.61. The van der Waals surface area contributed by atoms with E-state index in [0.29, 0.717) is 21.6 Å². The fourth-order valence-corrected chi connectivity index (χ4v) is 1.53. The molecule has 0 amide bonds. The molecule has 0 aliphatic heterocycles. The van der Waals surface area contributed by atoms with Crippen LogP contribution >= 0.6 is 15.9 Å². The predicted molar refractivity (Wildman–Crippen MR) is 51.4 cm³/mol. The Morgan fingerprint density at radius 2 is 2.38 bits per heavy atom. The van der Waals surface area contributed by atoms with Crippen LogP contribution in [0.5, 0.6) is 0 Å². The second kappa shape index (κ2) is 2.71. The molecule has 2 aromatic heterocycles. The van der Waals surface area contributed by atoms with Crippen molar-refractivity contribution < 1.29 is 0 Å². The molecule has 0 fully saturated rings. The van der Waals surface area contributed by atoms with Gasteiger partial charge in [0.05, 0.1) is 12.1 Å². The quantitative estimate of drug-likeness (QED) is 0.709. The molecule has 13 heavy (non-hydrogen) atoms. The van der Waals surface area contributed by atoms with E-state index in [1.165, 1.54) is 10.8 Å². The predicted octanol–water partition coefficient (Wildman–Crippen LogP) is 1.62. The van der Waals surface area contributed by atoms with Crippen molar-refractivity contribution in [1.82, 2.24) is 14.6 Å². The van der Waals surface area contributed by atoms with Crippen molar-refractivity contribution in [3.8, 4) is 0 Å². The largest absolute Gasteiger partial charge is 0.382 e. The standard InChI is InChI=1S/C7H4BrN5/c1-10-4-2-5-7(9)11-3-12-13(5)6(4)8/h2-3H,(H2,9,11,12). The summed E-state index contributed by atoms with van der Waals surface area (Å²) in [6.07, 6.45) is 1.35. The van der Waals surface area contributed by atoms with E-state index in [-0.39, 0.29) is 0 Å². The highest BCUT2D eigenvalue weighted by atomic mass is 79.9. The van der Waals surface area contributed by atoms with E-state index in [1.807, 2.05) is 0 Å². The van der Waals surface area contributed by atoms with Crippen LogP contribution in [0.1, 0.15) is 0 Å². The maximum atomic E-state index is 6.88. The van der Waals surface area contributed by atoms with Gasteiger partial charge in [0, 0.05) is 0 Å². The molecule has 0 saturated carbocycles. The van der Waals surface area contributed by atoms with Gasteiger partial charge in [-0.1, -0.05) is 0 Å². The van der Waals surface area contributed by atoms with Crippen LogP contribution in [0.4, 0.5) is 11.5 Å². The normalized spacial score (nSPS) is 10.2. The highest BCUT2D eigenvalue weighted by Crippen LogP contribution is 2.30. The molecule has 0 atom stereocenters. The summed E-state index contributed by atoms with van der Waals surface area (Å²) < 4.78 is 2.14. The first-order chi connectivity index (χ1) is 6.24. The van der Waals surface area contributed by atoms with Crippen molar-refractivity contribution in [2.75, 3.05) is 5.73 Å². The minimum atomic E-state index is 0.366. The van der Waals surface area contributed by atoms with Crippen LogP contribution in [0.25, 0.3) is 10.4 Å². The lowest BCUT2D eigenvalue weighted by Gasteiger charge is -1.96. The summed E-state index contributed by atoms with van der Waals surface area (Å²) >= 11 is 3.25. The molecule has 5 nitrogen and oxygen atoms in total. The number of aromatic nitrogens is 3. The molecular weight excluding hydrogens is 234 g/mol. The van der Waals surface area contributed by atoms with Gasteiger partial charge in [-0.05, 0) is 22.0 Å². The number of hydrogen-bond donors (Lipinski definition) is 1. The van der Waals surface area contributed by atoms with Crippen molar-refractivity contribution >= 4 is 33.0 Å². The van der Waals surface area contributed by atoms with E-state index in [1.54, 1.807) is 6.07 Å². The molecule has 0 saturated heterocycles. The number of fused-ring (bicyclic) bond motifs is 1. The summed E-state index contributed by atoms with van der Waals surface area (Å²) in [6, 6.07) is 1.65. The monoisotopic (exact) mass is 237 g/mol. The van der Waals surface area contributed by atoms with Crippen molar-refractivity contribution in [2.24, 2.45) is 0 Å². The Morgan fingerprint density at radius 1 is 1.62 bits per heavy atom. The molecule has 2 rings (SSSR count). The molecule has 0 radical (unpaired) electrons. The fraction of sp³-hybridized carbons (Fsp3) is 0. The number of anilines is 1. The number of halogens is 1. The minimum Gasteiger partial charge on any atom is -0.382 e. The molecule has 0 aromatic carbocycles. The van der Waals surface area contributed by atoms with E-state index in [9.17, 15) is 0 Å². The molecule has 0 aliphatic rings. The van der Waals surface area contributed by atoms with Crippen LogP contribution in [0.3, 0.4) is 0 Å². The average Bonchev–Trinajstić information content (AvgIpc) is 2.45. The average molecular weight is 238 g/mol. The highest BCUT2D eigenvalue weighted by molar-refractivity contribution is 9.10. The third-order valence-electron chi connectivity index (χ3n) is 1.65. The van der Waals surface area contributed by atoms with E-state index < -0.39 is 0 Å². The molecule has 0 unspecified atom stereocenters. The van der Waals surface area contributed by atoms with Crippen molar-refractivity contribution in [3.63, 3.8) is 0 Å². The van der Waals surface area contributed by atoms with Gasteiger partial charge in [0.15, 0.2) is 0 Å². The van der Waals surface area contributed by atoms with Gasteiger partial charge in [0.2, 0.25) is 5.69 Å². The smallest absolute Gasteiger partial charge is 0.221 e. The Morgan fingerprint density at radius 3 is 3.00 bits per heavy atom. The molecule has 2 aromatic rings. The maximum absolute atomic E-state index is 6.88. The van der Waals surface area contributed by atoms with Crippen molar-refractivity contribution in [1.29, 1.82) is 0 Å². The summed E-state index contributed by atoms with van der Waals surface area (Å²) in [7, 11) is 0. The summed E-state index contributed by atoms with van der Waals surface area (Å²) in [5.74, 6) is 0.366. The van der Waals surface area contributed by atoms with Crippen LogP contribution in [0.15, 0.2) is 17.0 Å². The van der Waals surface area contributed by atoms with E-state index in [0.717, 1.165) is 0 Å². The van der Waals surface area contributed by atoms with E-state index >= 15 is 0 Å². The zero-order valence-electron chi connectivity index (χ0n) is 6.40. The maximum Gasteiger partial charge on any atom is 0.221 e. The van der Waals surface area contributed by atoms with Crippen LogP contribution in [-0.2, 0) is 0 Å². The number of nitrogen functional groups attached to an aromatic ring is 1. The number of nitrogens with two attached hydrogens (primary N) is 1. The zero-order chi connectivity index (χ0) is 9.42. The summed E-state index contributed by atoms with van der Waals surface area (Å²) in [5, 5.41) is 3.95. The third-order valence-corrected chi connectivity index (χ3v) is 2.39. The molecule has 0 aliphatic carbocycles. The fourth-order valence-electron chi connectivity index (χ4n) is 1.04. The molecule has 6 heteroatoms. The van der Waals surface area contributed by atoms with Crippen LogP contribution in [0.2, 0.25) is 0 Å². The molecule has 0 bridgehead atoms. The van der Waals surface area contributed by atoms with E-state index in [4.69, 9.17) is 12.3 Å². The van der Waals surface area contributed by atoms with Crippen molar-refractivity contribution in [3.05, 3.63) is 28.4 Å². The lowest BCUT2D eigenvalue weighted by atomic mass is 10.4. The third kappa shape index (κ3) is 1.05. The van der Waals surface area contributed by atoms with Gasteiger partial charge in [-0.3, -0.25) is 0 Å². The van der Waals surface area contributed by atoms with Gasteiger partial charge >= 0.3 is 0 Å². The Kier molecular flexibility index (Phi) is 1.67. The van der Waals surface area contributed by atoms with Gasteiger partial charge in [0.1, 0.15) is 16.7 Å². The zero-order valence-corrected chi connectivity index (χ0v) is 7.98. The molecule has 2 N–H and O–H groups in total. The molecule has 64 valence electrons. The van der Waals surface area contributed by atoms with Gasteiger partial charge in [0.25, 0.3) is 0 Å². The first-order valence-electron chi connectivity index (χ1n) is 3.39. The van der Waals surface area contributed by atoms with E-state index in [2.05, 4.69) is 30.9 Å². The molecule has 2 heterocycles. The Balaban J connectivity index is 2.94. The SMILES string of the molecule is [C-]#[N+]c1cc2c(N)ncnn2c1Br. The first kappa shape index (κ1) is 8.01. The number of nitrogens with zero attached hydrogens (tertiary/aromatic N) is 4. The van der Waals surface area contributed by atoms with Crippen LogP contribution in [0, 0.1) is 6.57 Å². The van der Waals surface area contributed by atoms with Gasteiger partial charge < -0.3 is 5.73 Å². The molecular formula is C7H4BrN5. The van der Waals surface area contributed by atoms with Crippen molar-refractivity contribution in [2.45, 2.75) is 0 Å². The van der Waals surface area contributed by atoms with Gasteiger partial charge in [-0.15, -0.1) is 0 Å². The summed E-state index contributed by atoms with van der Waals surface area (Å²) in [4.78, 5) is 7.13. The Bertz CT molecular complexity index is 509. The second-order valence-electron chi connectivity index (χ2n) is 2.37. The lowest BCUT2D eigenvalue weighted by Crippen LogP contribution is -1.98. The topological polar surface area (TPSA) is 60.6 Å². The van der Waals surface area contributed by atoms with Crippen LogP contribution in [-0.4, -0.2) is 14.6 Å². The lowest BCUT2D eigenvalue weighted by molar-refractivity contribution is 0.891. The second-order valence-corrected chi connectivity index (χ2v) is 3.13. The number of rotatable bonds is 0. The first-order valence-corrected chi connectivity index (χ1v) is 4.18. The number of hydrogen-bond acceptors (Lipinski definition) is 3. The van der Waals surface area contributed by atoms with Gasteiger partial charge in [-0.2, -0.15) is 5.10 Å². The van der Waals surface area contributed by atoms with Gasteiger partial charge in [-0.25, -0.2) is 14.3 Å². The summed E-state index contributed by atoms with van der Waals surface area (Å²) in [6.45, 7) is 6.88. The Labute approximate surface area is 82.1 Å². The highest BCUT2D eigenvalue weighted by Gasteiger charge is 2.10. The molecule has 0 spiro atoms. The summed E-state index contributed by atoms with van der Waals surface area (Å²) in [5.41, 5.74) is 6.72. The minimum absolute atomic E-state index is 0.366. The van der Waals surface area contributed by atoms with Crippen LogP contribution < -0.4 is 5.73 Å².